The Balaban J connectivity index is 1.85. The molecule has 0 aliphatic heterocycles. The Morgan fingerprint density at radius 1 is 0.583 bits per heavy atom. The van der Waals surface area contributed by atoms with Crippen molar-refractivity contribution in [3.05, 3.63) is 121 Å². The molecule has 0 spiro atoms. The molecule has 4 nitrogen and oxygen atoms in total. The number of hydrogen-bond acceptors (Lipinski definition) is 3. The summed E-state index contributed by atoms with van der Waals surface area (Å²) < 4.78 is 36.2. The van der Waals surface area contributed by atoms with Gasteiger partial charge in [0.25, 0.3) is 10.1 Å². The summed E-state index contributed by atoms with van der Waals surface area (Å²) in [4.78, 5) is 0. The molecule has 0 radical (unpaired) electrons. The van der Waals surface area contributed by atoms with Gasteiger partial charge in [0.1, 0.15) is 4.75 Å². The molecule has 4 aromatic carbocycles. The molecule has 7 heteroatoms. The summed E-state index contributed by atoms with van der Waals surface area (Å²) in [5.74, 6) is 0. The molecule has 0 atom stereocenters. The van der Waals surface area contributed by atoms with Crippen molar-refractivity contribution in [2.45, 2.75) is 11.2 Å². The average molecular weight is 536 g/mol. The van der Waals surface area contributed by atoms with Crippen LogP contribution in [0.5, 0.6) is 0 Å². The van der Waals surface area contributed by atoms with Crippen LogP contribution in [-0.4, -0.2) is 36.6 Å². The van der Waals surface area contributed by atoms with Crippen LogP contribution in [-0.2, 0) is 10.1 Å². The monoisotopic (exact) mass is 535 g/mol. The maximum atomic E-state index is 13.4. The van der Waals surface area contributed by atoms with Crippen LogP contribution in [0, 0.1) is 0 Å². The number of nitrogens with two attached hydrogens (primary N) is 1. The summed E-state index contributed by atoms with van der Waals surface area (Å²) in [6.07, 6.45) is 0.776. The lowest BCUT2D eigenvalue weighted by molar-refractivity contribution is 0.437. The van der Waals surface area contributed by atoms with Crippen LogP contribution in [0.3, 0.4) is 0 Å². The van der Waals surface area contributed by atoms with Gasteiger partial charge in [0.05, 0.1) is 0 Å². The highest BCUT2D eigenvalue weighted by molar-refractivity contribution is 7.89. The first-order chi connectivity index (χ1) is 17.4. The van der Waals surface area contributed by atoms with E-state index >= 15 is 0 Å². The smallest absolute Gasteiger partial charge is 0.271 e. The van der Waals surface area contributed by atoms with Gasteiger partial charge in [-0.1, -0.05) is 121 Å². The van der Waals surface area contributed by atoms with Gasteiger partial charge in [0.15, 0.2) is 0 Å². The van der Waals surface area contributed by atoms with Gasteiger partial charge in [-0.25, -0.2) is 0 Å². The predicted molar refractivity (Wildman–Crippen MR) is 156 cm³/mol. The Labute approximate surface area is 216 Å². The Kier molecular flexibility index (Phi) is 9.06. The highest BCUT2D eigenvalue weighted by Gasteiger charge is 2.46. The topological polar surface area (TPSA) is 80.4 Å². The first-order valence-corrected chi connectivity index (χ1v) is 16.4. The van der Waals surface area contributed by atoms with Gasteiger partial charge in [-0.05, 0) is 62.4 Å². The molecule has 0 fully saturated rings. The standard InChI is InChI=1S/C29H31NO3P2S/c30-22-21-29(36(31,32)33,23-34(25-13-5-1-6-14-25)26-15-7-2-8-16-26)24-35(27-17-9-3-10-18-27)28-19-11-4-12-20-28/h1-20H,21-24,30H2,(H,31,32,33). The van der Waals surface area contributed by atoms with E-state index < -0.39 is 30.7 Å². The third-order valence-corrected chi connectivity index (χ3v) is 13.9. The summed E-state index contributed by atoms with van der Waals surface area (Å²) in [5, 5.41) is 4.31. The normalized spacial score (nSPS) is 12.2. The van der Waals surface area contributed by atoms with Gasteiger partial charge >= 0.3 is 0 Å². The minimum atomic E-state index is -4.46. The van der Waals surface area contributed by atoms with E-state index in [0.717, 1.165) is 21.2 Å². The lowest BCUT2D eigenvalue weighted by atomic mass is 10.1. The first kappa shape index (κ1) is 26.7. The summed E-state index contributed by atoms with van der Waals surface area (Å²) in [7, 11) is -6.59. The van der Waals surface area contributed by atoms with Crippen molar-refractivity contribution in [2.75, 3.05) is 18.9 Å². The fourth-order valence-electron chi connectivity index (χ4n) is 4.43. The molecule has 0 aliphatic rings. The van der Waals surface area contributed by atoms with Gasteiger partial charge < -0.3 is 5.73 Å². The van der Waals surface area contributed by atoms with Crippen LogP contribution in [0.15, 0.2) is 121 Å². The van der Waals surface area contributed by atoms with Crippen molar-refractivity contribution >= 4 is 47.2 Å². The largest absolute Gasteiger partial charge is 0.330 e. The fourth-order valence-corrected chi connectivity index (χ4v) is 12.2. The SMILES string of the molecule is NCCC(CP(c1ccccc1)c1ccccc1)(CP(c1ccccc1)c1ccccc1)S(=O)(=O)O. The van der Waals surface area contributed by atoms with E-state index in [4.69, 9.17) is 5.73 Å². The molecule has 0 aromatic heterocycles. The summed E-state index contributed by atoms with van der Waals surface area (Å²) in [6, 6.07) is 40.1. The molecule has 3 N–H and O–H groups in total. The predicted octanol–water partition coefficient (Wildman–Crippen LogP) is 4.23. The van der Waals surface area contributed by atoms with Crippen molar-refractivity contribution in [3.8, 4) is 0 Å². The van der Waals surface area contributed by atoms with Crippen LogP contribution in [0.2, 0.25) is 0 Å². The van der Waals surface area contributed by atoms with E-state index in [1.165, 1.54) is 0 Å². The Hall–Kier alpha value is -2.39. The zero-order valence-electron chi connectivity index (χ0n) is 20.0. The maximum absolute atomic E-state index is 13.4. The molecule has 0 saturated carbocycles. The minimum Gasteiger partial charge on any atom is -0.330 e. The Morgan fingerprint density at radius 3 is 1.08 bits per heavy atom. The molecule has 186 valence electrons. The van der Waals surface area contributed by atoms with Crippen molar-refractivity contribution < 1.29 is 13.0 Å². The number of hydrogen-bond donors (Lipinski definition) is 2. The fraction of sp³-hybridized carbons (Fsp3) is 0.172. The van der Waals surface area contributed by atoms with Gasteiger partial charge in [0.2, 0.25) is 0 Å². The van der Waals surface area contributed by atoms with Crippen LogP contribution in [0.4, 0.5) is 0 Å². The van der Waals surface area contributed by atoms with Crippen LogP contribution < -0.4 is 27.0 Å². The molecular formula is C29H31NO3P2S. The van der Waals surface area contributed by atoms with E-state index in [1.807, 2.05) is 121 Å². The molecule has 0 aliphatic carbocycles. The molecule has 0 bridgehead atoms. The van der Waals surface area contributed by atoms with E-state index in [2.05, 4.69) is 0 Å². The van der Waals surface area contributed by atoms with E-state index in [9.17, 15) is 13.0 Å². The van der Waals surface area contributed by atoms with Crippen molar-refractivity contribution in [1.29, 1.82) is 0 Å². The first-order valence-electron chi connectivity index (χ1n) is 11.9. The summed E-state index contributed by atoms with van der Waals surface area (Å²) in [6.45, 7) is 0.166. The third kappa shape index (κ3) is 6.29. The molecular weight excluding hydrogens is 504 g/mol. The summed E-state index contributed by atoms with van der Waals surface area (Å²) in [5.41, 5.74) is 6.06. The lowest BCUT2D eigenvalue weighted by Crippen LogP contribution is -2.48. The molecule has 4 rings (SSSR count). The second kappa shape index (κ2) is 12.2. The van der Waals surface area contributed by atoms with Crippen molar-refractivity contribution in [2.24, 2.45) is 5.73 Å². The molecule has 0 amide bonds. The van der Waals surface area contributed by atoms with Crippen LogP contribution >= 0.6 is 15.8 Å². The van der Waals surface area contributed by atoms with Crippen molar-refractivity contribution in [1.82, 2.24) is 0 Å². The summed E-state index contributed by atoms with van der Waals surface area (Å²) >= 11 is 0. The lowest BCUT2D eigenvalue weighted by Gasteiger charge is -2.37. The van der Waals surface area contributed by atoms with Gasteiger partial charge in [0, 0.05) is 0 Å². The molecule has 4 aromatic rings. The van der Waals surface area contributed by atoms with Crippen LogP contribution in [0.25, 0.3) is 0 Å². The van der Waals surface area contributed by atoms with Gasteiger partial charge in [-0.15, -0.1) is 0 Å². The molecule has 0 heterocycles. The Morgan fingerprint density at radius 2 is 0.861 bits per heavy atom. The molecule has 36 heavy (non-hydrogen) atoms. The zero-order chi connectivity index (χ0) is 25.4. The Bertz CT molecular complexity index is 1160. The average Bonchev–Trinajstić information content (AvgIpc) is 2.91. The van der Waals surface area contributed by atoms with Gasteiger partial charge in [-0.3, -0.25) is 4.55 Å². The second-order valence-electron chi connectivity index (χ2n) is 8.71. The highest BCUT2D eigenvalue weighted by atomic mass is 32.2. The second-order valence-corrected chi connectivity index (χ2v) is 14.9. The quantitative estimate of drug-likeness (QED) is 0.223. The van der Waals surface area contributed by atoms with E-state index in [-0.39, 0.29) is 13.0 Å². The van der Waals surface area contributed by atoms with Crippen molar-refractivity contribution in [3.63, 3.8) is 0 Å². The number of benzene rings is 4. The third-order valence-electron chi connectivity index (χ3n) is 6.31. The highest BCUT2D eigenvalue weighted by Crippen LogP contribution is 2.47. The van der Waals surface area contributed by atoms with Gasteiger partial charge in [-0.2, -0.15) is 8.42 Å². The zero-order valence-corrected chi connectivity index (χ0v) is 22.6. The molecule has 0 unspecified atom stereocenters. The maximum Gasteiger partial charge on any atom is 0.271 e. The van der Waals surface area contributed by atoms with Crippen LogP contribution in [0.1, 0.15) is 6.42 Å². The van der Waals surface area contributed by atoms with E-state index in [0.29, 0.717) is 12.3 Å². The number of rotatable bonds is 11. The van der Waals surface area contributed by atoms with E-state index in [1.54, 1.807) is 0 Å². The molecule has 0 saturated heterocycles. The minimum absolute atomic E-state index is 0.166.